The maximum atomic E-state index is 4.37. The Balaban J connectivity index is 2.65. The lowest BCUT2D eigenvalue weighted by molar-refractivity contribution is 0.305. The monoisotopic (exact) mass is 209 g/mol. The maximum absolute atomic E-state index is 4.37. The first-order valence-electron chi connectivity index (χ1n) is 5.69. The number of nitrogens with zero attached hydrogens (tertiary/aromatic N) is 2. The quantitative estimate of drug-likeness (QED) is 0.802. The van der Waals surface area contributed by atoms with Crippen molar-refractivity contribution in [3.8, 4) is 0 Å². The molecule has 0 amide bonds. The molecule has 0 saturated heterocycles. The van der Waals surface area contributed by atoms with Crippen molar-refractivity contribution < 1.29 is 0 Å². The molecule has 0 aliphatic carbocycles. The van der Waals surface area contributed by atoms with E-state index in [1.807, 2.05) is 19.4 Å². The first-order valence-corrected chi connectivity index (χ1v) is 5.69. The second-order valence-electron chi connectivity index (χ2n) is 4.66. The van der Waals surface area contributed by atoms with E-state index in [4.69, 9.17) is 0 Å². The number of aromatic nitrogens is 2. The molecule has 0 spiro atoms. The zero-order valence-corrected chi connectivity index (χ0v) is 10.5. The molecule has 3 heteroatoms. The van der Waals surface area contributed by atoms with Crippen molar-refractivity contribution in [3.05, 3.63) is 18.2 Å². The van der Waals surface area contributed by atoms with Gasteiger partial charge in [-0.2, -0.15) is 0 Å². The van der Waals surface area contributed by atoms with Crippen molar-refractivity contribution in [3.63, 3.8) is 0 Å². The zero-order chi connectivity index (χ0) is 11.4. The Kier molecular flexibility index (Phi) is 4.33. The van der Waals surface area contributed by atoms with E-state index in [0.29, 0.717) is 17.9 Å². The highest BCUT2D eigenvalue weighted by Gasteiger charge is 2.20. The summed E-state index contributed by atoms with van der Waals surface area (Å²) in [5, 5.41) is 3.40. The van der Waals surface area contributed by atoms with Gasteiger partial charge in [-0.15, -0.1) is 0 Å². The van der Waals surface area contributed by atoms with E-state index in [-0.39, 0.29) is 0 Å². The highest BCUT2D eigenvalue weighted by Crippen LogP contribution is 2.17. The molecule has 15 heavy (non-hydrogen) atoms. The third-order valence-electron chi connectivity index (χ3n) is 3.38. The fourth-order valence-corrected chi connectivity index (χ4v) is 1.81. The number of rotatable bonds is 5. The summed E-state index contributed by atoms with van der Waals surface area (Å²) in [6.45, 7) is 6.84. The molecular weight excluding hydrogens is 186 g/mol. The van der Waals surface area contributed by atoms with E-state index in [9.17, 15) is 0 Å². The summed E-state index contributed by atoms with van der Waals surface area (Å²) < 4.78 is 2.09. The zero-order valence-electron chi connectivity index (χ0n) is 10.5. The van der Waals surface area contributed by atoms with Gasteiger partial charge in [-0.25, -0.2) is 4.98 Å². The average Bonchev–Trinajstić information content (AvgIpc) is 2.59. The summed E-state index contributed by atoms with van der Waals surface area (Å²) in [6, 6.07) is 0.506. The molecule has 0 aliphatic heterocycles. The van der Waals surface area contributed by atoms with Crippen molar-refractivity contribution in [2.45, 2.75) is 33.2 Å². The lowest BCUT2D eigenvalue weighted by Crippen LogP contribution is -2.37. The minimum absolute atomic E-state index is 0.506. The highest BCUT2D eigenvalue weighted by molar-refractivity contribution is 4.95. The highest BCUT2D eigenvalue weighted by atomic mass is 15.0. The predicted octanol–water partition coefficient (Wildman–Crippen LogP) is 1.84. The number of nitrogens with one attached hydrogen (secondary N) is 1. The van der Waals surface area contributed by atoms with Crippen LogP contribution in [0.3, 0.4) is 0 Å². The van der Waals surface area contributed by atoms with Crippen molar-refractivity contribution in [1.29, 1.82) is 0 Å². The summed E-state index contributed by atoms with van der Waals surface area (Å²) in [7, 11) is 4.08. The summed E-state index contributed by atoms with van der Waals surface area (Å²) in [4.78, 5) is 4.37. The van der Waals surface area contributed by atoms with Gasteiger partial charge in [0, 0.05) is 31.9 Å². The largest absolute Gasteiger partial charge is 0.338 e. The summed E-state index contributed by atoms with van der Waals surface area (Å²) in [5.74, 6) is 2.51. The number of imidazole rings is 1. The summed E-state index contributed by atoms with van der Waals surface area (Å²) >= 11 is 0. The molecule has 86 valence electrons. The standard InChI is InChI=1S/C12H23N3/c1-9(2)10(3)11(13-4)8-12-14-6-7-15(12)5/h6-7,9-11,13H,8H2,1-5H3. The fraction of sp³-hybridized carbons (Fsp3) is 0.750. The molecule has 3 nitrogen and oxygen atoms in total. The van der Waals surface area contributed by atoms with Crippen LogP contribution in [0.2, 0.25) is 0 Å². The molecule has 0 aromatic carbocycles. The average molecular weight is 209 g/mol. The topological polar surface area (TPSA) is 29.9 Å². The van der Waals surface area contributed by atoms with E-state index in [1.54, 1.807) is 0 Å². The maximum Gasteiger partial charge on any atom is 0.109 e. The van der Waals surface area contributed by atoms with Gasteiger partial charge < -0.3 is 9.88 Å². The predicted molar refractivity (Wildman–Crippen MR) is 63.8 cm³/mol. The Labute approximate surface area is 92.9 Å². The van der Waals surface area contributed by atoms with Crippen LogP contribution in [0.15, 0.2) is 12.4 Å². The van der Waals surface area contributed by atoms with Crippen molar-refractivity contribution >= 4 is 0 Å². The Morgan fingerprint density at radius 1 is 1.40 bits per heavy atom. The van der Waals surface area contributed by atoms with E-state index in [2.05, 4.69) is 42.7 Å². The first kappa shape index (κ1) is 12.2. The smallest absolute Gasteiger partial charge is 0.109 e. The number of likely N-dealkylation sites (N-methyl/N-ethyl adjacent to an activating group) is 1. The Hall–Kier alpha value is -0.830. The number of hydrogen-bond donors (Lipinski definition) is 1. The minimum atomic E-state index is 0.506. The van der Waals surface area contributed by atoms with Gasteiger partial charge in [0.25, 0.3) is 0 Å². The van der Waals surface area contributed by atoms with Gasteiger partial charge in [0.15, 0.2) is 0 Å². The Morgan fingerprint density at radius 2 is 2.07 bits per heavy atom. The van der Waals surface area contributed by atoms with E-state index >= 15 is 0 Å². The number of hydrogen-bond acceptors (Lipinski definition) is 2. The van der Waals surface area contributed by atoms with Gasteiger partial charge in [-0.1, -0.05) is 20.8 Å². The Bertz CT molecular complexity index is 291. The van der Waals surface area contributed by atoms with Gasteiger partial charge >= 0.3 is 0 Å². The molecule has 1 aromatic heterocycles. The van der Waals surface area contributed by atoms with Crippen LogP contribution >= 0.6 is 0 Å². The van der Waals surface area contributed by atoms with Crippen LogP contribution in [-0.4, -0.2) is 22.6 Å². The third-order valence-corrected chi connectivity index (χ3v) is 3.38. The van der Waals surface area contributed by atoms with Crippen molar-refractivity contribution in [1.82, 2.24) is 14.9 Å². The second kappa shape index (κ2) is 5.31. The minimum Gasteiger partial charge on any atom is -0.338 e. The van der Waals surface area contributed by atoms with Gasteiger partial charge in [-0.3, -0.25) is 0 Å². The Morgan fingerprint density at radius 3 is 2.47 bits per heavy atom. The van der Waals surface area contributed by atoms with Gasteiger partial charge in [-0.05, 0) is 18.9 Å². The van der Waals surface area contributed by atoms with Gasteiger partial charge in [0.05, 0.1) is 0 Å². The van der Waals surface area contributed by atoms with Gasteiger partial charge in [0.1, 0.15) is 5.82 Å². The van der Waals surface area contributed by atoms with Crippen LogP contribution in [0.1, 0.15) is 26.6 Å². The van der Waals surface area contributed by atoms with E-state index in [1.165, 1.54) is 0 Å². The van der Waals surface area contributed by atoms with E-state index < -0.39 is 0 Å². The molecule has 2 atom stereocenters. The van der Waals surface area contributed by atoms with Crippen LogP contribution in [-0.2, 0) is 13.5 Å². The molecule has 0 aliphatic rings. The summed E-state index contributed by atoms with van der Waals surface area (Å²) in [6.07, 6.45) is 4.86. The molecule has 0 radical (unpaired) electrons. The second-order valence-corrected chi connectivity index (χ2v) is 4.66. The van der Waals surface area contributed by atoms with Crippen molar-refractivity contribution in [2.24, 2.45) is 18.9 Å². The fourth-order valence-electron chi connectivity index (χ4n) is 1.81. The SMILES string of the molecule is CNC(Cc1nccn1C)C(C)C(C)C. The molecular formula is C12H23N3. The lowest BCUT2D eigenvalue weighted by atomic mass is 9.88. The molecule has 0 bridgehead atoms. The molecule has 2 unspecified atom stereocenters. The molecule has 0 fully saturated rings. The van der Waals surface area contributed by atoms with Crippen LogP contribution in [0.4, 0.5) is 0 Å². The molecule has 1 heterocycles. The lowest BCUT2D eigenvalue weighted by Gasteiger charge is -2.26. The van der Waals surface area contributed by atoms with Crippen LogP contribution in [0.25, 0.3) is 0 Å². The summed E-state index contributed by atoms with van der Waals surface area (Å²) in [5.41, 5.74) is 0. The molecule has 0 saturated carbocycles. The van der Waals surface area contributed by atoms with Crippen LogP contribution in [0, 0.1) is 11.8 Å². The van der Waals surface area contributed by atoms with Gasteiger partial charge in [0.2, 0.25) is 0 Å². The molecule has 1 aromatic rings. The third kappa shape index (κ3) is 3.06. The van der Waals surface area contributed by atoms with Crippen LogP contribution < -0.4 is 5.32 Å². The molecule has 1 rings (SSSR count). The number of aryl methyl sites for hydroxylation is 1. The first-order chi connectivity index (χ1) is 7.06. The molecule has 1 N–H and O–H groups in total. The van der Waals surface area contributed by atoms with Crippen molar-refractivity contribution in [2.75, 3.05) is 7.05 Å². The normalized spacial score (nSPS) is 15.6. The van der Waals surface area contributed by atoms with Crippen LogP contribution in [0.5, 0.6) is 0 Å². The van der Waals surface area contributed by atoms with E-state index in [0.717, 1.165) is 12.2 Å².